The minimum Gasteiger partial charge on any atom is -0.481 e. The van der Waals surface area contributed by atoms with Gasteiger partial charge in [0, 0.05) is 60.9 Å². The number of methoxy groups -OCH3 is 2. The van der Waals surface area contributed by atoms with Gasteiger partial charge in [-0.2, -0.15) is 23.7 Å². The molecule has 0 bridgehead atoms. The third kappa shape index (κ3) is 21.9. The second kappa shape index (κ2) is 24.7. The van der Waals surface area contributed by atoms with E-state index < -0.39 is 28.0 Å². The van der Waals surface area contributed by atoms with Crippen LogP contribution < -0.4 is 0 Å². The Morgan fingerprint density at radius 2 is 1.02 bits per heavy atom. The van der Waals surface area contributed by atoms with Crippen LogP contribution in [-0.2, 0) is 88.1 Å². The van der Waals surface area contributed by atoms with Gasteiger partial charge in [0.15, 0.2) is 17.5 Å². The fourth-order valence-corrected chi connectivity index (χ4v) is 3.78. The molecule has 0 atom stereocenters. The van der Waals surface area contributed by atoms with E-state index in [1.807, 2.05) is 7.05 Å². The van der Waals surface area contributed by atoms with Gasteiger partial charge in [0.05, 0.1) is 20.5 Å². The average Bonchev–Trinajstić information content (AvgIpc) is 3.99. The number of aromatic carboxylic acids is 1. The smallest absolute Gasteiger partial charge is 0.377 e. The number of hydrogen-bond donors (Lipinski definition) is 2. The molecule has 27 heteroatoms. The molecular formula is C29H45N15O11S. The monoisotopic (exact) mass is 811 g/mol. The summed E-state index contributed by atoms with van der Waals surface area (Å²) < 4.78 is 41.9. The summed E-state index contributed by atoms with van der Waals surface area (Å²) in [6.45, 7) is -0.111. The molecule has 0 unspecified atom stereocenters. The lowest BCUT2D eigenvalue weighted by Crippen LogP contribution is -2.04. The fraction of sp³-hybridized carbons (Fsp3) is 0.517. The number of rotatable bonds is 13. The minimum absolute atomic E-state index is 0.0880. The van der Waals surface area contributed by atoms with Crippen molar-refractivity contribution in [3.05, 3.63) is 60.8 Å². The Bertz CT molecular complexity index is 2050. The van der Waals surface area contributed by atoms with Crippen LogP contribution in [0.15, 0.2) is 31.6 Å². The van der Waals surface area contributed by atoms with Crippen molar-refractivity contribution in [3.8, 4) is 0 Å². The summed E-state index contributed by atoms with van der Waals surface area (Å²) in [5, 5.41) is 35.8. The zero-order valence-electron chi connectivity index (χ0n) is 32.0. The van der Waals surface area contributed by atoms with Gasteiger partial charge in [-0.15, -0.1) is 10.2 Å². The predicted octanol–water partition coefficient (Wildman–Crippen LogP) is -1.06. The minimum atomic E-state index is -3.40. The van der Waals surface area contributed by atoms with Crippen LogP contribution in [0.3, 0.4) is 0 Å². The van der Waals surface area contributed by atoms with Gasteiger partial charge in [-0.05, 0) is 12.8 Å². The van der Waals surface area contributed by atoms with Crippen LogP contribution >= 0.6 is 0 Å². The molecule has 2 N–H and O–H groups in total. The summed E-state index contributed by atoms with van der Waals surface area (Å²) in [7, 11) is 7.86. The zero-order valence-corrected chi connectivity index (χ0v) is 32.8. The highest BCUT2D eigenvalue weighted by Gasteiger charge is 2.09. The van der Waals surface area contributed by atoms with Gasteiger partial charge in [-0.3, -0.25) is 37.2 Å². The van der Waals surface area contributed by atoms with E-state index in [1.54, 1.807) is 50.2 Å². The molecular weight excluding hydrogens is 766 g/mol. The molecule has 0 radical (unpaired) electrons. The maximum Gasteiger partial charge on any atom is 0.377 e. The average molecular weight is 812 g/mol. The van der Waals surface area contributed by atoms with Gasteiger partial charge >= 0.3 is 23.9 Å². The van der Waals surface area contributed by atoms with E-state index in [2.05, 4.69) is 64.1 Å². The Morgan fingerprint density at radius 3 is 1.34 bits per heavy atom. The third-order valence-electron chi connectivity index (χ3n) is 5.90. The standard InChI is InChI=1S/C8H13N3O2.C7H11N3O2.C5H9N3O3S.C5H7N3O2.C4H5N3O2/c1-11-6-9-7(10-11)4-3-5-8(12)13-2;1-10-5-8-6(9-10)3-2-4-7(11)12;1-8-4-6-5(7-8)3-11-12(2,9)10;1-8-3-6-4(7-8)5(9)10-2;1-7-2-5-3(6-7)4(8)9/h6H,3-5H2,1-2H3;5H,2-4H2,1H3,(H,11,12);4H,3H2,1-2H3;3H,1-2H3;2H,1H3,(H,8,9). The van der Waals surface area contributed by atoms with Gasteiger partial charge < -0.3 is 19.7 Å². The molecule has 5 rings (SSSR count). The molecule has 0 aliphatic rings. The molecule has 0 saturated carbocycles. The Kier molecular flexibility index (Phi) is 21.0. The first kappa shape index (κ1) is 47.5. The number of aliphatic carboxylic acids is 1. The molecule has 0 aromatic carbocycles. The molecule has 5 aromatic rings. The highest BCUT2D eigenvalue weighted by Crippen LogP contribution is 2.00. The number of carbonyl (C=O) groups is 4. The lowest BCUT2D eigenvalue weighted by atomic mass is 10.2. The summed E-state index contributed by atoms with van der Waals surface area (Å²) >= 11 is 0. The predicted molar refractivity (Wildman–Crippen MR) is 188 cm³/mol. The number of aromatic nitrogens is 15. The van der Waals surface area contributed by atoms with Crippen molar-refractivity contribution in [2.45, 2.75) is 45.1 Å². The van der Waals surface area contributed by atoms with Crippen molar-refractivity contribution >= 4 is 34.0 Å². The maximum absolute atomic E-state index is 10.7. The number of esters is 2. The number of carboxylic acid groups (broad SMARTS) is 2. The molecule has 5 heterocycles. The van der Waals surface area contributed by atoms with Crippen molar-refractivity contribution in [2.75, 3.05) is 20.5 Å². The Hall–Kier alpha value is -6.51. The normalized spacial score (nSPS) is 10.2. The number of ether oxygens (including phenoxy) is 2. The summed E-state index contributed by atoms with van der Waals surface area (Å²) in [5.41, 5.74) is 0. The molecule has 0 saturated heterocycles. The molecule has 0 spiro atoms. The highest BCUT2D eigenvalue weighted by molar-refractivity contribution is 7.85. The van der Waals surface area contributed by atoms with Gasteiger partial charge in [-0.25, -0.2) is 34.5 Å². The number of nitrogens with zero attached hydrogens (tertiary/aromatic N) is 15. The Labute approximate surface area is 320 Å². The summed E-state index contributed by atoms with van der Waals surface area (Å²) in [6, 6.07) is 0. The van der Waals surface area contributed by atoms with Gasteiger partial charge in [0.1, 0.15) is 38.2 Å². The van der Waals surface area contributed by atoms with E-state index in [9.17, 15) is 27.6 Å². The van der Waals surface area contributed by atoms with E-state index in [0.29, 0.717) is 30.9 Å². The van der Waals surface area contributed by atoms with Crippen LogP contribution in [0.1, 0.15) is 64.4 Å². The van der Waals surface area contributed by atoms with Crippen LogP contribution in [0.4, 0.5) is 0 Å². The van der Waals surface area contributed by atoms with Crippen molar-refractivity contribution in [1.29, 1.82) is 0 Å². The SMILES string of the molecule is COC(=O)CCCc1ncn(C)n1.COC(=O)c1ncn(C)n1.Cn1cnc(C(=O)O)n1.Cn1cnc(CCCC(=O)O)n1.Cn1cnc(COS(C)(=O)=O)n1. The third-order valence-corrected chi connectivity index (χ3v) is 6.45. The van der Waals surface area contributed by atoms with Crippen molar-refractivity contribution in [1.82, 2.24) is 73.8 Å². The Morgan fingerprint density at radius 1 is 0.607 bits per heavy atom. The number of aryl methyl sites for hydroxylation is 7. The summed E-state index contributed by atoms with van der Waals surface area (Å²) in [6.07, 6.45) is 11.8. The molecule has 56 heavy (non-hydrogen) atoms. The van der Waals surface area contributed by atoms with Crippen LogP contribution in [0.2, 0.25) is 0 Å². The number of carboxylic acids is 2. The summed E-state index contributed by atoms with van der Waals surface area (Å²) in [4.78, 5) is 60.6. The quantitative estimate of drug-likeness (QED) is 0.106. The topological polar surface area (TPSA) is 324 Å². The highest BCUT2D eigenvalue weighted by atomic mass is 32.2. The lowest BCUT2D eigenvalue weighted by molar-refractivity contribution is -0.140. The molecule has 0 fully saturated rings. The first-order valence-corrected chi connectivity index (χ1v) is 17.8. The largest absolute Gasteiger partial charge is 0.481 e. The van der Waals surface area contributed by atoms with E-state index >= 15 is 0 Å². The first-order valence-electron chi connectivity index (χ1n) is 16.0. The fourth-order valence-electron chi connectivity index (χ4n) is 3.46. The Balaban J connectivity index is 0.000000352. The van der Waals surface area contributed by atoms with Crippen molar-refractivity contribution in [2.24, 2.45) is 35.2 Å². The molecule has 0 amide bonds. The maximum atomic E-state index is 10.7. The van der Waals surface area contributed by atoms with E-state index in [1.165, 1.54) is 47.2 Å². The molecule has 308 valence electrons. The van der Waals surface area contributed by atoms with E-state index in [4.69, 9.17) is 10.2 Å². The summed E-state index contributed by atoms with van der Waals surface area (Å²) in [5.74, 6) is -0.825. The van der Waals surface area contributed by atoms with Gasteiger partial charge in [0.25, 0.3) is 21.8 Å². The molecule has 5 aromatic heterocycles. The zero-order chi connectivity index (χ0) is 42.3. The lowest BCUT2D eigenvalue weighted by Gasteiger charge is -1.96. The van der Waals surface area contributed by atoms with Gasteiger partial charge in [0.2, 0.25) is 0 Å². The second-order valence-electron chi connectivity index (χ2n) is 10.9. The number of hydrogen-bond acceptors (Lipinski definition) is 19. The molecule has 26 nitrogen and oxygen atoms in total. The number of carbonyl (C=O) groups excluding carboxylic acids is 2. The van der Waals surface area contributed by atoms with Crippen molar-refractivity contribution in [3.63, 3.8) is 0 Å². The molecule has 0 aliphatic carbocycles. The van der Waals surface area contributed by atoms with Crippen LogP contribution in [-0.4, -0.2) is 137 Å². The van der Waals surface area contributed by atoms with E-state index in [-0.39, 0.29) is 30.6 Å². The molecule has 0 aliphatic heterocycles. The second-order valence-corrected chi connectivity index (χ2v) is 12.6. The van der Waals surface area contributed by atoms with Crippen LogP contribution in [0, 0.1) is 0 Å². The van der Waals surface area contributed by atoms with Gasteiger partial charge in [-0.1, -0.05) is 0 Å². The first-order chi connectivity index (χ1) is 26.3. The van der Waals surface area contributed by atoms with Crippen LogP contribution in [0.25, 0.3) is 0 Å². The van der Waals surface area contributed by atoms with Crippen LogP contribution in [0.5, 0.6) is 0 Å². The van der Waals surface area contributed by atoms with Crippen molar-refractivity contribution < 1.29 is 51.5 Å². The van der Waals surface area contributed by atoms with E-state index in [0.717, 1.165) is 24.9 Å².